The zero-order valence-corrected chi connectivity index (χ0v) is 14.0. The lowest BCUT2D eigenvalue weighted by molar-refractivity contribution is 0.196. The molecule has 118 valence electrons. The van der Waals surface area contributed by atoms with Crippen molar-refractivity contribution < 1.29 is 4.52 Å². The summed E-state index contributed by atoms with van der Waals surface area (Å²) < 4.78 is 5.43. The molecule has 1 saturated heterocycles. The fraction of sp³-hybridized carbons (Fsp3) is 0.688. The maximum atomic E-state index is 5.43. The van der Waals surface area contributed by atoms with Gasteiger partial charge in [0, 0.05) is 29.8 Å². The molecule has 2 aromatic rings. The smallest absolute Gasteiger partial charge is 0.229 e. The fourth-order valence-electron chi connectivity index (χ4n) is 3.24. The second kappa shape index (κ2) is 5.74. The molecule has 4 rings (SSSR count). The van der Waals surface area contributed by atoms with Gasteiger partial charge in [0.1, 0.15) is 0 Å². The molecule has 0 aromatic carbocycles. The van der Waals surface area contributed by atoms with E-state index in [-0.39, 0.29) is 0 Å². The van der Waals surface area contributed by atoms with Gasteiger partial charge >= 0.3 is 0 Å². The number of nitrogens with zero attached hydrogens (tertiary/aromatic N) is 4. The third-order valence-corrected chi connectivity index (χ3v) is 5.68. The minimum atomic E-state index is 0.416. The minimum Gasteiger partial charge on any atom is -0.339 e. The second-order valence-corrected chi connectivity index (χ2v) is 7.87. The Hall–Kier alpha value is -1.27. The van der Waals surface area contributed by atoms with Gasteiger partial charge in [0.2, 0.25) is 5.89 Å². The maximum absolute atomic E-state index is 5.43. The Bertz CT molecular complexity index is 661. The first-order valence-corrected chi connectivity index (χ1v) is 8.99. The third-order valence-electron chi connectivity index (χ3n) is 4.62. The van der Waals surface area contributed by atoms with E-state index in [0.717, 1.165) is 36.4 Å². The fourth-order valence-corrected chi connectivity index (χ4v) is 4.22. The Morgan fingerprint density at radius 1 is 1.18 bits per heavy atom. The van der Waals surface area contributed by atoms with Gasteiger partial charge in [0.25, 0.3) is 0 Å². The number of piperidine rings is 1. The normalized spacial score (nSPS) is 23.1. The van der Waals surface area contributed by atoms with Crippen molar-refractivity contribution in [2.24, 2.45) is 0 Å². The number of aromatic nitrogens is 3. The number of hydrogen-bond donors (Lipinski definition) is 0. The molecule has 0 N–H and O–H groups in total. The van der Waals surface area contributed by atoms with Gasteiger partial charge in [0.15, 0.2) is 5.82 Å². The zero-order chi connectivity index (χ0) is 15.1. The summed E-state index contributed by atoms with van der Waals surface area (Å²) in [5, 5.41) is 5.40. The standard InChI is InChI=1S/C16H22N4OS/c1-10-14(22-11(2)17-10)9-20-7-3-4-13(8-20)15-18-16(21-19-15)12-5-6-12/h12-13H,3-9H2,1-2H3. The van der Waals surface area contributed by atoms with Crippen LogP contribution in [0, 0.1) is 13.8 Å². The molecule has 2 aromatic heterocycles. The van der Waals surface area contributed by atoms with Gasteiger partial charge in [-0.25, -0.2) is 4.98 Å². The van der Waals surface area contributed by atoms with E-state index in [1.54, 1.807) is 0 Å². The highest BCUT2D eigenvalue weighted by Crippen LogP contribution is 2.39. The van der Waals surface area contributed by atoms with E-state index in [9.17, 15) is 0 Å². The number of likely N-dealkylation sites (tertiary alicyclic amines) is 1. The van der Waals surface area contributed by atoms with Crippen LogP contribution in [0.4, 0.5) is 0 Å². The van der Waals surface area contributed by atoms with Gasteiger partial charge in [-0.2, -0.15) is 4.98 Å². The Labute approximate surface area is 134 Å². The van der Waals surface area contributed by atoms with Crippen LogP contribution >= 0.6 is 11.3 Å². The van der Waals surface area contributed by atoms with Crippen molar-refractivity contribution in [3.8, 4) is 0 Å². The lowest BCUT2D eigenvalue weighted by Gasteiger charge is -2.30. The first kappa shape index (κ1) is 14.3. The van der Waals surface area contributed by atoms with Crippen molar-refractivity contribution in [1.82, 2.24) is 20.0 Å². The summed E-state index contributed by atoms with van der Waals surface area (Å²) in [6.45, 7) is 7.38. The van der Waals surface area contributed by atoms with Crippen molar-refractivity contribution in [2.45, 2.75) is 57.9 Å². The van der Waals surface area contributed by atoms with Crippen LogP contribution in [0.2, 0.25) is 0 Å². The third kappa shape index (κ3) is 2.94. The van der Waals surface area contributed by atoms with Crippen LogP contribution in [0.1, 0.15) is 64.8 Å². The molecule has 1 aliphatic carbocycles. The van der Waals surface area contributed by atoms with Crippen LogP contribution < -0.4 is 0 Å². The average Bonchev–Trinajstić information content (AvgIpc) is 3.15. The SMILES string of the molecule is Cc1nc(C)c(CN2CCCC(c3noc(C4CC4)n3)C2)s1. The van der Waals surface area contributed by atoms with E-state index < -0.39 is 0 Å². The molecule has 1 unspecified atom stereocenters. The summed E-state index contributed by atoms with van der Waals surface area (Å²) in [5.74, 6) is 2.74. The summed E-state index contributed by atoms with van der Waals surface area (Å²) in [7, 11) is 0. The first-order valence-electron chi connectivity index (χ1n) is 8.18. The molecule has 0 amide bonds. The second-order valence-electron chi connectivity index (χ2n) is 6.58. The molecule has 22 heavy (non-hydrogen) atoms. The Morgan fingerprint density at radius 2 is 2.05 bits per heavy atom. The summed E-state index contributed by atoms with van der Waals surface area (Å²) >= 11 is 1.82. The highest BCUT2D eigenvalue weighted by molar-refractivity contribution is 7.11. The van der Waals surface area contributed by atoms with Gasteiger partial charge in [-0.3, -0.25) is 4.90 Å². The monoisotopic (exact) mass is 318 g/mol. The molecule has 1 saturated carbocycles. The number of aryl methyl sites for hydroxylation is 2. The van der Waals surface area contributed by atoms with E-state index in [1.807, 2.05) is 11.3 Å². The molecule has 1 aliphatic heterocycles. The molecule has 0 bridgehead atoms. The van der Waals surface area contributed by atoms with Crippen molar-refractivity contribution in [3.05, 3.63) is 27.3 Å². The minimum absolute atomic E-state index is 0.416. The van der Waals surface area contributed by atoms with Gasteiger partial charge < -0.3 is 4.52 Å². The van der Waals surface area contributed by atoms with Crippen molar-refractivity contribution in [3.63, 3.8) is 0 Å². The molecule has 0 spiro atoms. The van der Waals surface area contributed by atoms with Crippen LogP contribution in [0.5, 0.6) is 0 Å². The van der Waals surface area contributed by atoms with Crippen LogP contribution in [-0.2, 0) is 6.54 Å². The Kier molecular flexibility index (Phi) is 3.74. The molecule has 2 aliphatic rings. The predicted octanol–water partition coefficient (Wildman–Crippen LogP) is 3.40. The molecular weight excluding hydrogens is 296 g/mol. The van der Waals surface area contributed by atoms with Gasteiger partial charge in [-0.1, -0.05) is 5.16 Å². The van der Waals surface area contributed by atoms with E-state index in [0.29, 0.717) is 11.8 Å². The van der Waals surface area contributed by atoms with Crippen molar-refractivity contribution in [2.75, 3.05) is 13.1 Å². The van der Waals surface area contributed by atoms with Crippen LogP contribution in [0.25, 0.3) is 0 Å². The lowest BCUT2D eigenvalue weighted by Crippen LogP contribution is -2.34. The molecule has 1 atom stereocenters. The van der Waals surface area contributed by atoms with Gasteiger partial charge in [-0.05, 0) is 46.1 Å². The van der Waals surface area contributed by atoms with Crippen LogP contribution in [-0.4, -0.2) is 33.1 Å². The maximum Gasteiger partial charge on any atom is 0.229 e. The van der Waals surface area contributed by atoms with E-state index >= 15 is 0 Å². The Balaban J connectivity index is 1.43. The summed E-state index contributed by atoms with van der Waals surface area (Å²) in [4.78, 5) is 13.1. The van der Waals surface area contributed by atoms with Crippen LogP contribution in [0.15, 0.2) is 4.52 Å². The van der Waals surface area contributed by atoms with E-state index in [4.69, 9.17) is 4.52 Å². The summed E-state index contributed by atoms with van der Waals surface area (Å²) in [6.07, 6.45) is 4.79. The number of rotatable bonds is 4. The number of hydrogen-bond acceptors (Lipinski definition) is 6. The molecule has 5 nitrogen and oxygen atoms in total. The molecule has 0 radical (unpaired) electrons. The molecule has 6 heteroatoms. The predicted molar refractivity (Wildman–Crippen MR) is 85.1 cm³/mol. The summed E-state index contributed by atoms with van der Waals surface area (Å²) in [5.41, 5.74) is 1.18. The van der Waals surface area contributed by atoms with Gasteiger partial charge in [-0.15, -0.1) is 11.3 Å². The lowest BCUT2D eigenvalue weighted by atomic mass is 9.97. The van der Waals surface area contributed by atoms with E-state index in [2.05, 4.69) is 33.9 Å². The zero-order valence-electron chi connectivity index (χ0n) is 13.2. The van der Waals surface area contributed by atoms with Crippen molar-refractivity contribution in [1.29, 1.82) is 0 Å². The Morgan fingerprint density at radius 3 is 2.77 bits per heavy atom. The van der Waals surface area contributed by atoms with Gasteiger partial charge in [0.05, 0.1) is 10.7 Å². The van der Waals surface area contributed by atoms with Crippen LogP contribution in [0.3, 0.4) is 0 Å². The average molecular weight is 318 g/mol. The summed E-state index contributed by atoms with van der Waals surface area (Å²) in [6, 6.07) is 0. The first-order chi connectivity index (χ1) is 10.7. The number of thiazole rings is 1. The molecule has 2 fully saturated rings. The topological polar surface area (TPSA) is 55.1 Å². The largest absolute Gasteiger partial charge is 0.339 e. The highest BCUT2D eigenvalue weighted by atomic mass is 32.1. The molecule has 3 heterocycles. The quantitative estimate of drug-likeness (QED) is 0.865. The van der Waals surface area contributed by atoms with E-state index in [1.165, 1.54) is 36.3 Å². The highest BCUT2D eigenvalue weighted by Gasteiger charge is 2.32. The van der Waals surface area contributed by atoms with Crippen molar-refractivity contribution >= 4 is 11.3 Å². The molecular formula is C16H22N4OS.